The molecule has 4 rings (SSSR count). The van der Waals surface area contributed by atoms with Crippen molar-refractivity contribution in [1.82, 2.24) is 9.88 Å². The lowest BCUT2D eigenvalue weighted by atomic mass is 10.2. The van der Waals surface area contributed by atoms with Crippen LogP contribution in [-0.4, -0.2) is 47.9 Å². The second kappa shape index (κ2) is 7.96. The zero-order chi connectivity index (χ0) is 19.3. The van der Waals surface area contributed by atoms with Gasteiger partial charge in [-0.15, -0.1) is 0 Å². The molecule has 1 fully saturated rings. The maximum Gasteiger partial charge on any atom is 0.289 e. The Morgan fingerprint density at radius 1 is 0.929 bits per heavy atom. The topological polar surface area (TPSA) is 78.7 Å². The van der Waals surface area contributed by atoms with Gasteiger partial charge in [0.1, 0.15) is 5.82 Å². The third-order valence-electron chi connectivity index (χ3n) is 4.66. The van der Waals surface area contributed by atoms with Crippen molar-refractivity contribution in [2.45, 2.75) is 0 Å². The van der Waals surface area contributed by atoms with Gasteiger partial charge in [0.2, 0.25) is 0 Å². The van der Waals surface area contributed by atoms with Crippen LogP contribution in [0.2, 0.25) is 0 Å². The Labute approximate surface area is 162 Å². The third-order valence-corrected chi connectivity index (χ3v) is 4.66. The molecule has 0 saturated carbocycles. The first-order chi connectivity index (χ1) is 13.7. The second-order valence-corrected chi connectivity index (χ2v) is 6.48. The quantitative estimate of drug-likeness (QED) is 0.757. The first-order valence-electron chi connectivity index (χ1n) is 9.11. The normalized spacial score (nSPS) is 14.0. The van der Waals surface area contributed by atoms with E-state index in [2.05, 4.69) is 15.2 Å². The lowest BCUT2D eigenvalue weighted by molar-refractivity contribution is 0.0714. The fraction of sp³-hybridized carbons (Fsp3) is 0.190. The Balaban J connectivity index is 1.33. The van der Waals surface area contributed by atoms with Crippen LogP contribution in [0, 0.1) is 0 Å². The fourth-order valence-corrected chi connectivity index (χ4v) is 3.13. The van der Waals surface area contributed by atoms with E-state index in [0.717, 1.165) is 5.82 Å². The highest BCUT2D eigenvalue weighted by atomic mass is 16.3. The minimum Gasteiger partial charge on any atom is -0.459 e. The molecule has 2 aromatic heterocycles. The summed E-state index contributed by atoms with van der Waals surface area (Å²) in [6.07, 6.45) is 3.15. The number of aromatic nitrogens is 1. The number of nitrogens with one attached hydrogen (secondary N) is 1. The number of hydrogen-bond donors (Lipinski definition) is 1. The minimum atomic E-state index is -0.166. The molecular formula is C21H20N4O3. The van der Waals surface area contributed by atoms with Gasteiger partial charge >= 0.3 is 0 Å². The molecule has 0 aliphatic carbocycles. The first kappa shape index (κ1) is 17.8. The van der Waals surface area contributed by atoms with Gasteiger partial charge in [-0.05, 0) is 36.4 Å². The molecule has 28 heavy (non-hydrogen) atoms. The molecule has 0 atom stereocenters. The van der Waals surface area contributed by atoms with Crippen molar-refractivity contribution >= 4 is 23.3 Å². The number of carbonyl (C=O) groups is 2. The monoisotopic (exact) mass is 376 g/mol. The molecule has 1 aliphatic heterocycles. The van der Waals surface area contributed by atoms with Crippen molar-refractivity contribution in [2.24, 2.45) is 0 Å². The number of amides is 2. The number of anilines is 2. The molecule has 1 aliphatic rings. The van der Waals surface area contributed by atoms with Crippen LogP contribution in [0.25, 0.3) is 0 Å². The largest absolute Gasteiger partial charge is 0.459 e. The number of nitrogens with zero attached hydrogens (tertiary/aromatic N) is 3. The van der Waals surface area contributed by atoms with Gasteiger partial charge in [0, 0.05) is 31.7 Å². The summed E-state index contributed by atoms with van der Waals surface area (Å²) >= 11 is 0. The number of hydrogen-bond acceptors (Lipinski definition) is 5. The summed E-state index contributed by atoms with van der Waals surface area (Å²) in [4.78, 5) is 32.9. The van der Waals surface area contributed by atoms with E-state index in [0.29, 0.717) is 43.2 Å². The molecule has 7 heteroatoms. The van der Waals surface area contributed by atoms with E-state index in [9.17, 15) is 9.59 Å². The lowest BCUT2D eigenvalue weighted by Crippen LogP contribution is -2.49. The fourth-order valence-electron chi connectivity index (χ4n) is 3.13. The van der Waals surface area contributed by atoms with Crippen LogP contribution in [-0.2, 0) is 0 Å². The molecule has 0 unspecified atom stereocenters. The highest BCUT2D eigenvalue weighted by Gasteiger charge is 2.24. The van der Waals surface area contributed by atoms with Crippen molar-refractivity contribution in [2.75, 3.05) is 36.4 Å². The van der Waals surface area contributed by atoms with Gasteiger partial charge in [0.25, 0.3) is 11.8 Å². The van der Waals surface area contributed by atoms with E-state index in [4.69, 9.17) is 4.42 Å². The number of piperazine rings is 1. The van der Waals surface area contributed by atoms with Gasteiger partial charge in [-0.1, -0.05) is 18.2 Å². The van der Waals surface area contributed by atoms with Crippen LogP contribution in [0.3, 0.4) is 0 Å². The Morgan fingerprint density at radius 2 is 1.71 bits per heavy atom. The first-order valence-corrected chi connectivity index (χ1v) is 9.11. The maximum absolute atomic E-state index is 12.3. The number of pyridine rings is 1. The number of carbonyl (C=O) groups excluding carboxylic acids is 2. The maximum atomic E-state index is 12.3. The molecule has 3 aromatic rings. The van der Waals surface area contributed by atoms with Gasteiger partial charge in [0.15, 0.2) is 5.76 Å². The molecule has 1 aromatic carbocycles. The smallest absolute Gasteiger partial charge is 0.289 e. The summed E-state index contributed by atoms with van der Waals surface area (Å²) in [7, 11) is 0. The van der Waals surface area contributed by atoms with Crippen LogP contribution >= 0.6 is 0 Å². The molecule has 0 radical (unpaired) electrons. The van der Waals surface area contributed by atoms with Crippen molar-refractivity contribution in [3.05, 3.63) is 78.4 Å². The zero-order valence-electron chi connectivity index (χ0n) is 15.2. The average molecular weight is 376 g/mol. The molecule has 0 bridgehead atoms. The highest BCUT2D eigenvalue weighted by molar-refractivity contribution is 6.04. The summed E-state index contributed by atoms with van der Waals surface area (Å²) in [5, 5.41) is 2.84. The van der Waals surface area contributed by atoms with E-state index in [1.807, 2.05) is 30.3 Å². The van der Waals surface area contributed by atoms with Crippen LogP contribution in [0.4, 0.5) is 11.5 Å². The molecule has 1 N–H and O–H groups in total. The summed E-state index contributed by atoms with van der Waals surface area (Å²) in [5.41, 5.74) is 1.24. The van der Waals surface area contributed by atoms with Gasteiger partial charge < -0.3 is 19.5 Å². The van der Waals surface area contributed by atoms with E-state index in [1.165, 1.54) is 6.26 Å². The zero-order valence-corrected chi connectivity index (χ0v) is 15.2. The van der Waals surface area contributed by atoms with Crippen LogP contribution in [0.15, 0.2) is 71.5 Å². The molecule has 7 nitrogen and oxygen atoms in total. The van der Waals surface area contributed by atoms with Crippen LogP contribution in [0.1, 0.15) is 20.9 Å². The summed E-state index contributed by atoms with van der Waals surface area (Å²) in [5.74, 6) is 0.935. The van der Waals surface area contributed by atoms with E-state index < -0.39 is 0 Å². The van der Waals surface area contributed by atoms with Crippen LogP contribution < -0.4 is 10.2 Å². The standard InChI is InChI=1S/C21H20N4O3/c26-20(16-5-2-1-3-6-16)23-17-8-9-19(22-15-17)24-10-12-25(13-11-24)21(27)18-7-4-14-28-18/h1-9,14-15H,10-13H2,(H,23,26). The molecule has 3 heterocycles. The lowest BCUT2D eigenvalue weighted by Gasteiger charge is -2.35. The van der Waals surface area contributed by atoms with Crippen molar-refractivity contribution < 1.29 is 14.0 Å². The second-order valence-electron chi connectivity index (χ2n) is 6.48. The van der Waals surface area contributed by atoms with E-state index >= 15 is 0 Å². The SMILES string of the molecule is O=C(Nc1ccc(N2CCN(C(=O)c3ccco3)CC2)nc1)c1ccccc1. The Kier molecular flexibility index (Phi) is 5.05. The van der Waals surface area contributed by atoms with Crippen molar-refractivity contribution in [1.29, 1.82) is 0 Å². The predicted octanol–water partition coefficient (Wildman–Crippen LogP) is 2.89. The number of furan rings is 1. The molecular weight excluding hydrogens is 356 g/mol. The number of rotatable bonds is 4. The summed E-state index contributed by atoms with van der Waals surface area (Å²) in [6, 6.07) is 16.2. The van der Waals surface area contributed by atoms with Crippen molar-refractivity contribution in [3.63, 3.8) is 0 Å². The van der Waals surface area contributed by atoms with E-state index in [1.54, 1.807) is 35.4 Å². The average Bonchev–Trinajstić information content (AvgIpc) is 3.29. The molecule has 0 spiro atoms. The predicted molar refractivity (Wildman–Crippen MR) is 105 cm³/mol. The summed E-state index contributed by atoms with van der Waals surface area (Å²) in [6.45, 7) is 2.59. The Hall–Kier alpha value is -3.61. The minimum absolute atomic E-state index is 0.0865. The molecule has 2 amide bonds. The van der Waals surface area contributed by atoms with Gasteiger partial charge in [-0.2, -0.15) is 0 Å². The van der Waals surface area contributed by atoms with Crippen molar-refractivity contribution in [3.8, 4) is 0 Å². The molecule has 1 saturated heterocycles. The van der Waals surface area contributed by atoms with Gasteiger partial charge in [-0.25, -0.2) is 4.98 Å². The van der Waals surface area contributed by atoms with Gasteiger partial charge in [-0.3, -0.25) is 9.59 Å². The van der Waals surface area contributed by atoms with E-state index in [-0.39, 0.29) is 11.8 Å². The molecule has 142 valence electrons. The van der Waals surface area contributed by atoms with Gasteiger partial charge in [0.05, 0.1) is 18.1 Å². The summed E-state index contributed by atoms with van der Waals surface area (Å²) < 4.78 is 5.19. The number of benzene rings is 1. The highest BCUT2D eigenvalue weighted by Crippen LogP contribution is 2.18. The Morgan fingerprint density at radius 3 is 2.36 bits per heavy atom. The van der Waals surface area contributed by atoms with Crippen LogP contribution in [0.5, 0.6) is 0 Å². The third kappa shape index (κ3) is 3.88. The Bertz CT molecular complexity index is 932.